The number of rotatable bonds is 5. The van der Waals surface area contributed by atoms with E-state index in [0.717, 1.165) is 22.6 Å². The molecule has 0 unspecified atom stereocenters. The van der Waals surface area contributed by atoms with Gasteiger partial charge >= 0.3 is 6.09 Å². The molecule has 0 aliphatic rings. The van der Waals surface area contributed by atoms with Crippen molar-refractivity contribution in [2.75, 3.05) is 20.6 Å². The minimum absolute atomic E-state index is 0.0453. The third kappa shape index (κ3) is 5.34. The van der Waals surface area contributed by atoms with Gasteiger partial charge in [-0.05, 0) is 46.8 Å². The number of aryl methyl sites for hydroxylation is 1. The quantitative estimate of drug-likeness (QED) is 0.791. The van der Waals surface area contributed by atoms with E-state index >= 15 is 0 Å². The maximum Gasteiger partial charge on any atom is 0.410 e. The minimum atomic E-state index is -0.597. The molecule has 0 bridgehead atoms. The van der Waals surface area contributed by atoms with Gasteiger partial charge in [0.05, 0.1) is 11.4 Å². The summed E-state index contributed by atoms with van der Waals surface area (Å²) < 4.78 is 7.18. The first-order valence-corrected chi connectivity index (χ1v) is 9.28. The molecule has 28 heavy (non-hydrogen) atoms. The maximum absolute atomic E-state index is 12.6. The van der Waals surface area contributed by atoms with Crippen molar-refractivity contribution in [1.82, 2.24) is 19.6 Å². The van der Waals surface area contributed by atoms with Crippen molar-refractivity contribution in [2.24, 2.45) is 0 Å². The molecule has 1 heterocycles. The normalized spacial score (nSPS) is 11.2. The van der Waals surface area contributed by atoms with Crippen molar-refractivity contribution in [3.05, 3.63) is 47.3 Å². The fourth-order valence-electron chi connectivity index (χ4n) is 2.78. The largest absolute Gasteiger partial charge is 0.444 e. The highest BCUT2D eigenvalue weighted by Gasteiger charge is 2.23. The van der Waals surface area contributed by atoms with Crippen molar-refractivity contribution in [3.8, 4) is 5.69 Å². The van der Waals surface area contributed by atoms with E-state index in [0.29, 0.717) is 6.54 Å². The molecule has 0 radical (unpaired) electrons. The maximum atomic E-state index is 12.6. The number of aromatic nitrogens is 2. The first kappa shape index (κ1) is 21.5. The molecule has 7 nitrogen and oxygen atoms in total. The van der Waals surface area contributed by atoms with E-state index < -0.39 is 11.7 Å². The van der Waals surface area contributed by atoms with Crippen LogP contribution in [0.1, 0.15) is 37.7 Å². The molecule has 1 aromatic carbocycles. The Bertz CT molecular complexity index is 837. The van der Waals surface area contributed by atoms with Gasteiger partial charge in [-0.25, -0.2) is 9.48 Å². The van der Waals surface area contributed by atoms with Gasteiger partial charge in [-0.2, -0.15) is 5.10 Å². The Morgan fingerprint density at radius 3 is 2.25 bits per heavy atom. The number of likely N-dealkylation sites (N-methyl/N-ethyl adjacent to an activating group) is 2. The van der Waals surface area contributed by atoms with Gasteiger partial charge in [0.2, 0.25) is 5.91 Å². The van der Waals surface area contributed by atoms with Gasteiger partial charge in [-0.15, -0.1) is 0 Å². The van der Waals surface area contributed by atoms with E-state index in [-0.39, 0.29) is 12.5 Å². The van der Waals surface area contributed by atoms with Crippen molar-refractivity contribution in [1.29, 1.82) is 0 Å². The number of carbonyl (C=O) groups excluding carboxylic acids is 2. The highest BCUT2D eigenvalue weighted by Crippen LogP contribution is 2.19. The summed E-state index contributed by atoms with van der Waals surface area (Å²) in [6.07, 6.45) is -0.515. The summed E-state index contributed by atoms with van der Waals surface area (Å²) in [4.78, 5) is 27.5. The summed E-state index contributed by atoms with van der Waals surface area (Å²) in [7, 11) is 3.29. The van der Waals surface area contributed by atoms with Crippen LogP contribution in [0.15, 0.2) is 30.3 Å². The monoisotopic (exact) mass is 386 g/mol. The average molecular weight is 386 g/mol. The van der Waals surface area contributed by atoms with Gasteiger partial charge in [0.25, 0.3) is 0 Å². The van der Waals surface area contributed by atoms with Crippen LogP contribution in [0.2, 0.25) is 0 Å². The van der Waals surface area contributed by atoms with Crippen molar-refractivity contribution in [3.63, 3.8) is 0 Å². The molecule has 2 rings (SSSR count). The SMILES string of the molecule is Cc1nn(-c2ccccc2)c(C)c1CN(C)C(=O)CN(C)C(=O)OC(C)(C)C. The van der Waals surface area contributed by atoms with Crippen LogP contribution < -0.4 is 0 Å². The zero-order chi connectivity index (χ0) is 21.1. The molecule has 0 saturated carbocycles. The zero-order valence-electron chi connectivity index (χ0n) is 17.8. The van der Waals surface area contributed by atoms with Crippen molar-refractivity contribution in [2.45, 2.75) is 46.8 Å². The summed E-state index contributed by atoms with van der Waals surface area (Å²) in [6, 6.07) is 9.88. The second kappa shape index (κ2) is 8.46. The summed E-state index contributed by atoms with van der Waals surface area (Å²) >= 11 is 0. The van der Waals surface area contributed by atoms with Gasteiger partial charge < -0.3 is 14.5 Å². The first-order valence-electron chi connectivity index (χ1n) is 9.28. The van der Waals surface area contributed by atoms with Gasteiger partial charge in [0.15, 0.2) is 0 Å². The number of benzene rings is 1. The predicted octanol–water partition coefficient (Wildman–Crippen LogP) is 3.31. The van der Waals surface area contributed by atoms with Crippen LogP contribution >= 0.6 is 0 Å². The molecular weight excluding hydrogens is 356 g/mol. The standard InChI is InChI=1S/C21H30N4O3/c1-15-18(16(2)25(22-15)17-11-9-8-10-12-17)13-23(6)19(26)14-24(7)20(27)28-21(3,4)5/h8-12H,13-14H2,1-7H3. The highest BCUT2D eigenvalue weighted by molar-refractivity contribution is 5.82. The predicted molar refractivity (Wildman–Crippen MR) is 108 cm³/mol. The van der Waals surface area contributed by atoms with Gasteiger partial charge in [-0.1, -0.05) is 18.2 Å². The molecule has 0 aliphatic carbocycles. The Morgan fingerprint density at radius 1 is 1.07 bits per heavy atom. The Kier molecular flexibility index (Phi) is 6.48. The molecular formula is C21H30N4O3. The minimum Gasteiger partial charge on any atom is -0.444 e. The molecule has 0 spiro atoms. The Labute approximate surface area is 166 Å². The average Bonchev–Trinajstić information content (AvgIpc) is 2.89. The second-order valence-electron chi connectivity index (χ2n) is 7.98. The lowest BCUT2D eigenvalue weighted by atomic mass is 10.2. The lowest BCUT2D eigenvalue weighted by Crippen LogP contribution is -2.41. The van der Waals surface area contributed by atoms with E-state index in [1.807, 2.05) is 48.9 Å². The summed E-state index contributed by atoms with van der Waals surface area (Å²) in [5.41, 5.74) is 3.25. The van der Waals surface area contributed by atoms with E-state index in [9.17, 15) is 9.59 Å². The molecule has 152 valence electrons. The number of carbonyl (C=O) groups is 2. The van der Waals surface area contributed by atoms with Gasteiger partial charge in [0, 0.05) is 31.9 Å². The number of para-hydroxylation sites is 1. The first-order chi connectivity index (χ1) is 13.0. The van der Waals surface area contributed by atoms with E-state index in [1.54, 1.807) is 39.8 Å². The second-order valence-corrected chi connectivity index (χ2v) is 7.98. The van der Waals surface area contributed by atoms with Crippen LogP contribution in [-0.2, 0) is 16.1 Å². The smallest absolute Gasteiger partial charge is 0.410 e. The summed E-state index contributed by atoms with van der Waals surface area (Å²) in [6.45, 7) is 9.69. The number of nitrogens with zero attached hydrogens (tertiary/aromatic N) is 4. The summed E-state index contributed by atoms with van der Waals surface area (Å²) in [5.74, 6) is -0.167. The van der Waals surface area contributed by atoms with Crippen LogP contribution in [0.4, 0.5) is 4.79 Å². The molecule has 2 amide bonds. The van der Waals surface area contributed by atoms with Crippen LogP contribution in [0.5, 0.6) is 0 Å². The molecule has 0 fully saturated rings. The highest BCUT2D eigenvalue weighted by atomic mass is 16.6. The molecule has 0 N–H and O–H groups in total. The summed E-state index contributed by atoms with van der Waals surface area (Å²) in [5, 5.41) is 4.62. The van der Waals surface area contributed by atoms with Gasteiger partial charge in [0.1, 0.15) is 12.1 Å². The zero-order valence-corrected chi connectivity index (χ0v) is 17.8. The van der Waals surface area contributed by atoms with Crippen molar-refractivity contribution >= 4 is 12.0 Å². The molecule has 0 atom stereocenters. The molecule has 1 aromatic heterocycles. The number of hydrogen-bond donors (Lipinski definition) is 0. The Hall–Kier alpha value is -2.83. The van der Waals surface area contributed by atoms with Crippen LogP contribution in [-0.4, -0.2) is 57.8 Å². The fraction of sp³-hybridized carbons (Fsp3) is 0.476. The van der Waals surface area contributed by atoms with Gasteiger partial charge in [-0.3, -0.25) is 4.79 Å². The Morgan fingerprint density at radius 2 is 1.68 bits per heavy atom. The van der Waals surface area contributed by atoms with E-state index in [1.165, 1.54) is 4.90 Å². The number of hydrogen-bond acceptors (Lipinski definition) is 4. The van der Waals surface area contributed by atoms with Crippen LogP contribution in [0.25, 0.3) is 5.69 Å². The van der Waals surface area contributed by atoms with E-state index in [4.69, 9.17) is 4.74 Å². The van der Waals surface area contributed by atoms with Crippen molar-refractivity contribution < 1.29 is 14.3 Å². The fourth-order valence-corrected chi connectivity index (χ4v) is 2.78. The Balaban J connectivity index is 2.06. The third-order valence-electron chi connectivity index (χ3n) is 4.34. The lowest BCUT2D eigenvalue weighted by Gasteiger charge is -2.26. The number of ether oxygens (including phenoxy) is 1. The molecule has 2 aromatic rings. The third-order valence-corrected chi connectivity index (χ3v) is 4.34. The van der Waals surface area contributed by atoms with E-state index in [2.05, 4.69) is 5.10 Å². The lowest BCUT2D eigenvalue weighted by molar-refractivity contribution is -0.131. The topological polar surface area (TPSA) is 67.7 Å². The van der Waals surface area contributed by atoms with Crippen LogP contribution in [0.3, 0.4) is 0 Å². The van der Waals surface area contributed by atoms with Crippen LogP contribution in [0, 0.1) is 13.8 Å². The molecule has 7 heteroatoms. The molecule has 0 aliphatic heterocycles. The molecule has 0 saturated heterocycles. The number of amides is 2.